The lowest BCUT2D eigenvalue weighted by Gasteiger charge is -2.33. The van der Waals surface area contributed by atoms with Crippen LogP contribution in [-0.2, 0) is 14.8 Å². The predicted molar refractivity (Wildman–Crippen MR) is 95.8 cm³/mol. The number of carbonyl (C=O) groups excluding carboxylic acids is 1. The fourth-order valence-corrected chi connectivity index (χ4v) is 3.59. The maximum Gasteiger partial charge on any atom is 0.267 e. The summed E-state index contributed by atoms with van der Waals surface area (Å²) < 4.78 is 31.9. The van der Waals surface area contributed by atoms with E-state index in [0.29, 0.717) is 17.1 Å². The number of anilines is 2. The number of amides is 1. The normalized spacial score (nSPS) is 16.9. The Morgan fingerprint density at radius 1 is 1.21 bits per heavy atom. The lowest BCUT2D eigenvalue weighted by Crippen LogP contribution is -2.48. The summed E-state index contributed by atoms with van der Waals surface area (Å²) in [5.41, 5.74) is 1.05. The Hall–Kier alpha value is -2.06. The number of halogens is 1. The van der Waals surface area contributed by atoms with Crippen LogP contribution in [0.5, 0.6) is 5.75 Å². The van der Waals surface area contributed by atoms with E-state index in [0.717, 1.165) is 10.7 Å². The second-order valence-corrected chi connectivity index (χ2v) is 8.19. The van der Waals surface area contributed by atoms with Gasteiger partial charge in [0.1, 0.15) is 5.75 Å². The minimum atomic E-state index is -3.52. The minimum Gasteiger partial charge on any atom is -0.476 e. The summed E-state index contributed by atoms with van der Waals surface area (Å²) >= 11 is 3.33. The van der Waals surface area contributed by atoms with Gasteiger partial charge < -0.3 is 10.1 Å². The van der Waals surface area contributed by atoms with Gasteiger partial charge in [0.05, 0.1) is 18.5 Å². The van der Waals surface area contributed by atoms with Crippen LogP contribution >= 0.6 is 15.9 Å². The molecule has 2 aromatic carbocycles. The summed E-state index contributed by atoms with van der Waals surface area (Å²) in [5.74, 6) is -0.0365. The Balaban J connectivity index is 1.85. The number of rotatable bonds is 3. The summed E-state index contributed by atoms with van der Waals surface area (Å²) in [4.78, 5) is 12.5. The number of nitrogens with one attached hydrogen (secondary N) is 1. The second kappa shape index (κ2) is 6.45. The van der Waals surface area contributed by atoms with Crippen molar-refractivity contribution in [1.82, 2.24) is 0 Å². The van der Waals surface area contributed by atoms with Crippen LogP contribution in [0, 0.1) is 0 Å². The van der Waals surface area contributed by atoms with Gasteiger partial charge in [-0.2, -0.15) is 0 Å². The van der Waals surface area contributed by atoms with E-state index in [4.69, 9.17) is 4.74 Å². The molecule has 0 saturated carbocycles. The Bertz CT molecular complexity index is 868. The third kappa shape index (κ3) is 3.54. The molecular weight excluding hydrogens is 396 g/mol. The summed E-state index contributed by atoms with van der Waals surface area (Å²) in [6.45, 7) is -0.0712. The summed E-state index contributed by atoms with van der Waals surface area (Å²) in [7, 11) is -3.52. The lowest BCUT2D eigenvalue weighted by molar-refractivity contribution is -0.122. The molecule has 24 heavy (non-hydrogen) atoms. The van der Waals surface area contributed by atoms with Crippen molar-refractivity contribution in [2.24, 2.45) is 0 Å². The molecule has 1 amide bonds. The van der Waals surface area contributed by atoms with E-state index < -0.39 is 22.0 Å². The molecule has 8 heteroatoms. The monoisotopic (exact) mass is 410 g/mol. The van der Waals surface area contributed by atoms with Gasteiger partial charge in [-0.15, -0.1) is 0 Å². The van der Waals surface area contributed by atoms with Gasteiger partial charge in [0.25, 0.3) is 5.91 Å². The van der Waals surface area contributed by atoms with Crippen LogP contribution in [0.2, 0.25) is 0 Å². The third-order valence-corrected chi connectivity index (χ3v) is 5.21. The average molecular weight is 411 g/mol. The number of nitrogens with zero attached hydrogens (tertiary/aromatic N) is 1. The Kier molecular flexibility index (Phi) is 4.51. The third-order valence-electron chi connectivity index (χ3n) is 3.54. The molecule has 0 spiro atoms. The fraction of sp³-hybridized carbons (Fsp3) is 0.188. The molecule has 1 heterocycles. The number of fused-ring (bicyclic) bond motifs is 1. The topological polar surface area (TPSA) is 75.7 Å². The zero-order valence-corrected chi connectivity index (χ0v) is 15.2. The Morgan fingerprint density at radius 2 is 1.88 bits per heavy atom. The molecule has 1 N–H and O–H groups in total. The van der Waals surface area contributed by atoms with Crippen LogP contribution in [0.3, 0.4) is 0 Å². The summed E-state index contributed by atoms with van der Waals surface area (Å²) in [5, 5.41) is 2.74. The predicted octanol–water partition coefficient (Wildman–Crippen LogP) is 2.61. The van der Waals surface area contributed by atoms with Crippen molar-refractivity contribution in [2.75, 3.05) is 22.4 Å². The molecule has 3 rings (SSSR count). The molecule has 0 aliphatic carbocycles. The van der Waals surface area contributed by atoms with Gasteiger partial charge in [0, 0.05) is 10.2 Å². The van der Waals surface area contributed by atoms with Gasteiger partial charge in [0.15, 0.2) is 6.10 Å². The van der Waals surface area contributed by atoms with E-state index in [1.165, 1.54) is 4.31 Å². The van der Waals surface area contributed by atoms with Crippen molar-refractivity contribution in [2.45, 2.75) is 6.10 Å². The molecule has 0 aromatic heterocycles. The molecule has 2 aromatic rings. The molecule has 1 atom stereocenters. The van der Waals surface area contributed by atoms with Crippen molar-refractivity contribution in [3.8, 4) is 5.75 Å². The highest BCUT2D eigenvalue weighted by molar-refractivity contribution is 9.10. The van der Waals surface area contributed by atoms with E-state index in [1.54, 1.807) is 48.5 Å². The van der Waals surface area contributed by atoms with Gasteiger partial charge >= 0.3 is 0 Å². The first-order valence-electron chi connectivity index (χ1n) is 7.14. The van der Waals surface area contributed by atoms with Crippen molar-refractivity contribution < 1.29 is 17.9 Å². The van der Waals surface area contributed by atoms with E-state index in [-0.39, 0.29) is 6.54 Å². The molecule has 0 unspecified atom stereocenters. The number of para-hydroxylation sites is 2. The zero-order valence-electron chi connectivity index (χ0n) is 12.8. The highest BCUT2D eigenvalue weighted by Crippen LogP contribution is 2.34. The van der Waals surface area contributed by atoms with Crippen LogP contribution < -0.4 is 14.4 Å². The number of sulfonamides is 1. The highest BCUT2D eigenvalue weighted by Gasteiger charge is 2.34. The smallest absolute Gasteiger partial charge is 0.267 e. The van der Waals surface area contributed by atoms with Crippen LogP contribution in [-0.4, -0.2) is 33.2 Å². The van der Waals surface area contributed by atoms with Gasteiger partial charge in [-0.1, -0.05) is 28.1 Å². The van der Waals surface area contributed by atoms with Crippen molar-refractivity contribution in [3.63, 3.8) is 0 Å². The lowest BCUT2D eigenvalue weighted by atomic mass is 10.2. The number of hydrogen-bond donors (Lipinski definition) is 1. The maximum atomic E-state index is 12.5. The molecule has 0 radical (unpaired) electrons. The van der Waals surface area contributed by atoms with E-state index in [1.807, 2.05) is 0 Å². The number of ether oxygens (including phenoxy) is 1. The first-order valence-corrected chi connectivity index (χ1v) is 9.78. The van der Waals surface area contributed by atoms with Crippen LogP contribution in [0.4, 0.5) is 11.4 Å². The molecule has 0 saturated heterocycles. The van der Waals surface area contributed by atoms with Gasteiger partial charge in [-0.05, 0) is 36.4 Å². The van der Waals surface area contributed by atoms with E-state index >= 15 is 0 Å². The van der Waals surface area contributed by atoms with Gasteiger partial charge in [-0.25, -0.2) is 8.42 Å². The maximum absolute atomic E-state index is 12.5. The molecule has 1 aliphatic rings. The molecule has 0 fully saturated rings. The first kappa shape index (κ1) is 16.8. The second-order valence-electron chi connectivity index (χ2n) is 5.36. The van der Waals surface area contributed by atoms with Crippen molar-refractivity contribution >= 4 is 43.2 Å². The molecule has 6 nitrogen and oxygen atoms in total. The number of hydrogen-bond acceptors (Lipinski definition) is 4. The van der Waals surface area contributed by atoms with Crippen molar-refractivity contribution in [3.05, 3.63) is 53.0 Å². The number of benzene rings is 2. The van der Waals surface area contributed by atoms with E-state index in [9.17, 15) is 13.2 Å². The van der Waals surface area contributed by atoms with Crippen LogP contribution in [0.1, 0.15) is 0 Å². The van der Waals surface area contributed by atoms with Gasteiger partial charge in [-0.3, -0.25) is 9.10 Å². The standard InChI is InChI=1S/C16H15BrN2O4S/c1-24(21,22)19-10-15(23-14-5-3-2-4-13(14)19)16(20)18-12-8-6-11(17)7-9-12/h2-9,15H,10H2,1H3,(H,18,20)/t15-/m1/s1. The van der Waals surface area contributed by atoms with Crippen LogP contribution in [0.25, 0.3) is 0 Å². The number of carbonyl (C=O) groups is 1. The quantitative estimate of drug-likeness (QED) is 0.843. The van der Waals surface area contributed by atoms with Gasteiger partial charge in [0.2, 0.25) is 10.0 Å². The molecular formula is C16H15BrN2O4S. The van der Waals surface area contributed by atoms with Crippen LogP contribution in [0.15, 0.2) is 53.0 Å². The zero-order chi connectivity index (χ0) is 17.3. The summed E-state index contributed by atoms with van der Waals surface area (Å²) in [6, 6.07) is 13.8. The Morgan fingerprint density at radius 3 is 2.54 bits per heavy atom. The largest absolute Gasteiger partial charge is 0.476 e. The SMILES string of the molecule is CS(=O)(=O)N1C[C@H](C(=O)Nc2ccc(Br)cc2)Oc2ccccc21. The molecule has 1 aliphatic heterocycles. The molecule has 0 bridgehead atoms. The summed E-state index contributed by atoms with van der Waals surface area (Å²) in [6.07, 6.45) is 0.178. The molecule has 126 valence electrons. The highest BCUT2D eigenvalue weighted by atomic mass is 79.9. The average Bonchev–Trinajstić information content (AvgIpc) is 2.55. The Labute approximate surface area is 148 Å². The van der Waals surface area contributed by atoms with Crippen molar-refractivity contribution in [1.29, 1.82) is 0 Å². The fourth-order valence-electron chi connectivity index (χ4n) is 2.41. The first-order chi connectivity index (χ1) is 11.3. The van der Waals surface area contributed by atoms with E-state index in [2.05, 4.69) is 21.2 Å². The minimum absolute atomic E-state index is 0.0712.